The maximum Gasteiger partial charge on any atom is 0.225 e. The Morgan fingerprint density at radius 2 is 1.82 bits per heavy atom. The Kier molecular flexibility index (Phi) is 6.07. The minimum absolute atomic E-state index is 0.445. The van der Waals surface area contributed by atoms with Crippen molar-refractivity contribution in [2.75, 3.05) is 16.9 Å². The molecule has 2 aromatic heterocycles. The van der Waals surface area contributed by atoms with Crippen molar-refractivity contribution in [1.29, 1.82) is 0 Å². The van der Waals surface area contributed by atoms with E-state index in [0.29, 0.717) is 12.0 Å². The summed E-state index contributed by atoms with van der Waals surface area (Å²) in [6, 6.07) is 16.6. The van der Waals surface area contributed by atoms with Gasteiger partial charge in [-0.3, -0.25) is 4.98 Å². The molecule has 0 atom stereocenters. The van der Waals surface area contributed by atoms with Crippen LogP contribution in [0.4, 0.5) is 17.5 Å². The number of hydrogen-bond acceptors (Lipinski definition) is 6. The summed E-state index contributed by atoms with van der Waals surface area (Å²) < 4.78 is 0. The van der Waals surface area contributed by atoms with E-state index in [0.717, 1.165) is 22.9 Å². The first-order valence-corrected chi connectivity index (χ1v) is 11.0. The molecular weight excluding hydrogens is 366 g/mol. The lowest BCUT2D eigenvalue weighted by Crippen LogP contribution is -2.23. The fraction of sp³-hybridized carbons (Fsp3) is 0.318. The quantitative estimate of drug-likeness (QED) is 0.522. The molecule has 6 heteroatoms. The number of aromatic nitrogens is 3. The van der Waals surface area contributed by atoms with E-state index in [9.17, 15) is 0 Å². The third-order valence-electron chi connectivity index (χ3n) is 4.93. The average molecular weight is 392 g/mol. The Labute approximate surface area is 170 Å². The third kappa shape index (κ3) is 4.81. The number of anilines is 3. The van der Waals surface area contributed by atoms with Gasteiger partial charge in [0.25, 0.3) is 0 Å². The van der Waals surface area contributed by atoms with Gasteiger partial charge in [-0.1, -0.05) is 31.4 Å². The van der Waals surface area contributed by atoms with Crippen LogP contribution in [0.15, 0.2) is 59.6 Å². The molecule has 3 aromatic rings. The van der Waals surface area contributed by atoms with Gasteiger partial charge in [-0.05, 0) is 49.4 Å². The highest BCUT2D eigenvalue weighted by molar-refractivity contribution is 7.98. The predicted octanol–water partition coefficient (Wildman–Crippen LogP) is 5.75. The van der Waals surface area contributed by atoms with Crippen molar-refractivity contribution in [3.63, 3.8) is 0 Å². The van der Waals surface area contributed by atoms with E-state index in [2.05, 4.69) is 46.1 Å². The van der Waals surface area contributed by atoms with E-state index >= 15 is 0 Å². The lowest BCUT2D eigenvalue weighted by molar-refractivity contribution is 0.461. The Hall–Kier alpha value is -2.60. The Morgan fingerprint density at radius 3 is 2.61 bits per heavy atom. The Balaban J connectivity index is 1.64. The molecule has 0 unspecified atom stereocenters. The molecule has 2 N–H and O–H groups in total. The number of nitrogens with zero attached hydrogens (tertiary/aromatic N) is 3. The number of pyridine rings is 1. The van der Waals surface area contributed by atoms with Crippen LogP contribution in [0, 0.1) is 0 Å². The molecule has 0 saturated heterocycles. The largest absolute Gasteiger partial charge is 0.351 e. The monoisotopic (exact) mass is 391 g/mol. The van der Waals surface area contributed by atoms with Gasteiger partial charge in [-0.2, -0.15) is 4.98 Å². The summed E-state index contributed by atoms with van der Waals surface area (Å²) in [5, 5.41) is 6.98. The van der Waals surface area contributed by atoms with E-state index in [1.807, 2.05) is 24.3 Å². The number of rotatable bonds is 6. The fourth-order valence-corrected chi connectivity index (χ4v) is 3.96. The highest BCUT2D eigenvalue weighted by Gasteiger charge is 2.16. The number of thioether (sulfide) groups is 1. The molecule has 4 rings (SSSR count). The number of hydrogen-bond donors (Lipinski definition) is 2. The molecule has 1 aliphatic carbocycles. The van der Waals surface area contributed by atoms with Gasteiger partial charge >= 0.3 is 0 Å². The number of nitrogens with one attached hydrogen (secondary N) is 2. The Bertz CT molecular complexity index is 910. The first kappa shape index (κ1) is 18.7. The minimum atomic E-state index is 0.445. The second-order valence-corrected chi connectivity index (χ2v) is 7.89. The van der Waals surface area contributed by atoms with E-state index < -0.39 is 0 Å². The molecule has 0 amide bonds. The zero-order valence-corrected chi connectivity index (χ0v) is 16.9. The summed E-state index contributed by atoms with van der Waals surface area (Å²) in [7, 11) is 0. The van der Waals surface area contributed by atoms with Crippen LogP contribution in [0.25, 0.3) is 11.4 Å². The van der Waals surface area contributed by atoms with Gasteiger partial charge in [-0.15, -0.1) is 11.8 Å². The summed E-state index contributed by atoms with van der Waals surface area (Å²) >= 11 is 1.72. The predicted molar refractivity (Wildman–Crippen MR) is 117 cm³/mol. The van der Waals surface area contributed by atoms with Crippen molar-refractivity contribution in [2.24, 2.45) is 0 Å². The molecule has 2 heterocycles. The van der Waals surface area contributed by atoms with Gasteiger partial charge in [0.15, 0.2) is 0 Å². The van der Waals surface area contributed by atoms with Gasteiger partial charge < -0.3 is 10.6 Å². The first-order valence-electron chi connectivity index (χ1n) is 9.78. The summed E-state index contributed by atoms with van der Waals surface area (Å²) in [4.78, 5) is 15.2. The SMILES string of the molecule is CSc1cccc(Nc2cc(-c3ccccn3)nc(NC3CCCCC3)n2)c1. The molecule has 0 radical (unpaired) electrons. The molecule has 1 fully saturated rings. The van der Waals surface area contributed by atoms with Gasteiger partial charge in [-0.25, -0.2) is 4.98 Å². The van der Waals surface area contributed by atoms with E-state index in [1.54, 1.807) is 18.0 Å². The smallest absolute Gasteiger partial charge is 0.225 e. The molecule has 0 bridgehead atoms. The van der Waals surface area contributed by atoms with Gasteiger partial charge in [0.2, 0.25) is 5.95 Å². The molecule has 1 aliphatic rings. The second-order valence-electron chi connectivity index (χ2n) is 7.01. The normalized spacial score (nSPS) is 14.6. The zero-order chi connectivity index (χ0) is 19.2. The van der Waals surface area contributed by atoms with Crippen LogP contribution in [0.3, 0.4) is 0 Å². The molecular formula is C22H25N5S. The highest BCUT2D eigenvalue weighted by Crippen LogP contribution is 2.26. The molecule has 28 heavy (non-hydrogen) atoms. The summed E-state index contributed by atoms with van der Waals surface area (Å²) in [6.07, 6.45) is 10.1. The van der Waals surface area contributed by atoms with Gasteiger partial charge in [0, 0.05) is 28.9 Å². The highest BCUT2D eigenvalue weighted by atomic mass is 32.2. The van der Waals surface area contributed by atoms with Crippen LogP contribution in [0.2, 0.25) is 0 Å². The van der Waals surface area contributed by atoms with Crippen molar-refractivity contribution < 1.29 is 0 Å². The first-order chi connectivity index (χ1) is 13.8. The van der Waals surface area contributed by atoms with Crippen molar-refractivity contribution in [2.45, 2.75) is 43.0 Å². The van der Waals surface area contributed by atoms with Crippen LogP contribution < -0.4 is 10.6 Å². The van der Waals surface area contributed by atoms with E-state index in [4.69, 9.17) is 9.97 Å². The van der Waals surface area contributed by atoms with Gasteiger partial charge in [0.1, 0.15) is 5.82 Å². The van der Waals surface area contributed by atoms with Crippen LogP contribution in [0.5, 0.6) is 0 Å². The third-order valence-corrected chi connectivity index (χ3v) is 5.66. The Morgan fingerprint density at radius 1 is 0.929 bits per heavy atom. The standard InChI is InChI=1S/C22H25N5S/c1-28-18-11-7-10-17(14-18)24-21-15-20(19-12-5-6-13-23-19)26-22(27-21)25-16-8-3-2-4-9-16/h5-7,10-16H,2-4,8-9H2,1H3,(H2,24,25,26,27). The molecule has 0 spiro atoms. The van der Waals surface area contributed by atoms with Crippen LogP contribution in [-0.4, -0.2) is 27.2 Å². The van der Waals surface area contributed by atoms with Crippen molar-refractivity contribution >= 4 is 29.2 Å². The molecule has 0 aliphatic heterocycles. The molecule has 1 saturated carbocycles. The molecule has 144 valence electrons. The van der Waals surface area contributed by atoms with Crippen LogP contribution in [0.1, 0.15) is 32.1 Å². The second kappa shape index (κ2) is 9.06. The van der Waals surface area contributed by atoms with Crippen molar-refractivity contribution in [3.8, 4) is 11.4 Å². The molecule has 1 aromatic carbocycles. The zero-order valence-electron chi connectivity index (χ0n) is 16.1. The van der Waals surface area contributed by atoms with Gasteiger partial charge in [0.05, 0.1) is 11.4 Å². The van der Waals surface area contributed by atoms with Crippen molar-refractivity contribution in [3.05, 3.63) is 54.7 Å². The summed E-state index contributed by atoms with van der Waals surface area (Å²) in [6.45, 7) is 0. The maximum absolute atomic E-state index is 4.74. The minimum Gasteiger partial charge on any atom is -0.351 e. The summed E-state index contributed by atoms with van der Waals surface area (Å²) in [5.41, 5.74) is 2.68. The van der Waals surface area contributed by atoms with E-state index in [1.165, 1.54) is 37.0 Å². The fourth-order valence-electron chi connectivity index (χ4n) is 3.50. The van der Waals surface area contributed by atoms with Crippen molar-refractivity contribution in [1.82, 2.24) is 15.0 Å². The molecule has 5 nitrogen and oxygen atoms in total. The van der Waals surface area contributed by atoms with Crippen LogP contribution >= 0.6 is 11.8 Å². The lowest BCUT2D eigenvalue weighted by atomic mass is 9.96. The average Bonchev–Trinajstić information content (AvgIpc) is 2.75. The topological polar surface area (TPSA) is 62.7 Å². The van der Waals surface area contributed by atoms with Crippen LogP contribution in [-0.2, 0) is 0 Å². The summed E-state index contributed by atoms with van der Waals surface area (Å²) in [5.74, 6) is 1.44. The maximum atomic E-state index is 4.74. The number of benzene rings is 1. The van der Waals surface area contributed by atoms with E-state index in [-0.39, 0.29) is 0 Å². The lowest BCUT2D eigenvalue weighted by Gasteiger charge is -2.23.